The van der Waals surface area contributed by atoms with Crippen LogP contribution in [-0.2, 0) is 4.79 Å². The van der Waals surface area contributed by atoms with Gasteiger partial charge in [0.1, 0.15) is 5.75 Å². The number of aromatic hydroxyl groups is 1. The molecule has 0 atom stereocenters. The third-order valence-electron chi connectivity index (χ3n) is 3.49. The molecule has 0 saturated carbocycles. The van der Waals surface area contributed by atoms with Crippen molar-refractivity contribution in [3.8, 4) is 5.75 Å². The molecular weight excluding hydrogens is 390 g/mol. The standard InChI is InChI=1S/C17H11N3O5S2/c21-13-6-1-3-10(7-13)8-14-16(23)19(17(26)27-14)18-15(22)11-4-2-5-12(9-11)20(24)25/h1-9,21H,(H,18,22)/b14-8+. The van der Waals surface area contributed by atoms with Gasteiger partial charge in [-0.25, -0.2) is 0 Å². The van der Waals surface area contributed by atoms with Gasteiger partial charge in [-0.1, -0.05) is 30.0 Å². The first kappa shape index (κ1) is 18.5. The van der Waals surface area contributed by atoms with Crippen LogP contribution in [0.2, 0.25) is 0 Å². The van der Waals surface area contributed by atoms with Gasteiger partial charge in [-0.05, 0) is 42.1 Å². The molecule has 1 heterocycles. The average Bonchev–Trinajstić information content (AvgIpc) is 2.89. The summed E-state index contributed by atoms with van der Waals surface area (Å²) in [6.45, 7) is 0. The molecule has 10 heteroatoms. The van der Waals surface area contributed by atoms with Crippen molar-refractivity contribution >= 4 is 51.9 Å². The van der Waals surface area contributed by atoms with Gasteiger partial charge >= 0.3 is 0 Å². The number of benzene rings is 2. The molecular formula is C17H11N3O5S2. The van der Waals surface area contributed by atoms with E-state index < -0.39 is 16.7 Å². The molecule has 1 saturated heterocycles. The SMILES string of the molecule is O=C(NN1C(=O)/C(=C\c2cccc(O)c2)SC1=S)c1cccc([N+](=O)[O-])c1. The van der Waals surface area contributed by atoms with Crippen LogP contribution in [0, 0.1) is 10.1 Å². The molecule has 0 aromatic heterocycles. The van der Waals surface area contributed by atoms with Crippen LogP contribution in [0.1, 0.15) is 15.9 Å². The monoisotopic (exact) mass is 401 g/mol. The van der Waals surface area contributed by atoms with Crippen molar-refractivity contribution in [2.75, 3.05) is 0 Å². The molecule has 1 aliphatic rings. The summed E-state index contributed by atoms with van der Waals surface area (Å²) in [5, 5.41) is 21.2. The molecule has 0 radical (unpaired) electrons. The van der Waals surface area contributed by atoms with Crippen LogP contribution >= 0.6 is 24.0 Å². The lowest BCUT2D eigenvalue weighted by molar-refractivity contribution is -0.384. The maximum atomic E-state index is 12.5. The van der Waals surface area contributed by atoms with E-state index in [-0.39, 0.29) is 26.2 Å². The molecule has 3 rings (SSSR count). The van der Waals surface area contributed by atoms with Gasteiger partial charge in [0.05, 0.1) is 9.83 Å². The molecule has 2 aromatic carbocycles. The Morgan fingerprint density at radius 1 is 1.26 bits per heavy atom. The number of amides is 2. The predicted octanol–water partition coefficient (Wildman–Crippen LogP) is 2.85. The fraction of sp³-hybridized carbons (Fsp3) is 0. The number of hydrogen-bond acceptors (Lipinski definition) is 7. The second kappa shape index (κ2) is 7.56. The molecule has 8 nitrogen and oxygen atoms in total. The van der Waals surface area contributed by atoms with E-state index in [2.05, 4.69) is 5.43 Å². The summed E-state index contributed by atoms with van der Waals surface area (Å²) < 4.78 is 0.116. The smallest absolute Gasteiger partial charge is 0.285 e. The number of nitrogens with one attached hydrogen (secondary N) is 1. The molecule has 0 aliphatic carbocycles. The van der Waals surface area contributed by atoms with Crippen LogP contribution in [-0.4, -0.2) is 31.2 Å². The Hall–Kier alpha value is -3.24. The molecule has 1 fully saturated rings. The van der Waals surface area contributed by atoms with E-state index in [0.717, 1.165) is 22.8 Å². The van der Waals surface area contributed by atoms with Crippen LogP contribution in [0.4, 0.5) is 5.69 Å². The zero-order chi connectivity index (χ0) is 19.6. The number of nitro benzene ring substituents is 1. The van der Waals surface area contributed by atoms with Gasteiger partial charge in [-0.2, -0.15) is 5.01 Å². The first-order valence-corrected chi connectivity index (χ1v) is 8.70. The quantitative estimate of drug-likeness (QED) is 0.350. The topological polar surface area (TPSA) is 113 Å². The van der Waals surface area contributed by atoms with Gasteiger partial charge < -0.3 is 5.11 Å². The minimum atomic E-state index is -0.700. The second-order valence-corrected chi connectivity index (χ2v) is 7.04. The van der Waals surface area contributed by atoms with Gasteiger partial charge in [0.2, 0.25) is 0 Å². The van der Waals surface area contributed by atoms with Gasteiger partial charge in [0, 0.05) is 17.7 Å². The van der Waals surface area contributed by atoms with E-state index in [1.807, 2.05) is 0 Å². The highest BCUT2D eigenvalue weighted by Crippen LogP contribution is 2.32. The number of nitro groups is 1. The highest BCUT2D eigenvalue weighted by molar-refractivity contribution is 8.26. The molecule has 136 valence electrons. The summed E-state index contributed by atoms with van der Waals surface area (Å²) in [6, 6.07) is 11.4. The minimum absolute atomic E-state index is 0.0233. The number of phenolic OH excluding ortho intramolecular Hbond substituents is 1. The number of rotatable bonds is 4. The Balaban J connectivity index is 1.78. The lowest BCUT2D eigenvalue weighted by Crippen LogP contribution is -2.44. The van der Waals surface area contributed by atoms with Crippen LogP contribution < -0.4 is 5.43 Å². The van der Waals surface area contributed by atoms with E-state index in [4.69, 9.17) is 12.2 Å². The maximum absolute atomic E-state index is 12.5. The molecule has 27 heavy (non-hydrogen) atoms. The van der Waals surface area contributed by atoms with E-state index in [0.29, 0.717) is 5.56 Å². The first-order valence-electron chi connectivity index (χ1n) is 7.47. The number of hydrogen-bond donors (Lipinski definition) is 2. The summed E-state index contributed by atoms with van der Waals surface area (Å²) in [7, 11) is 0. The Bertz CT molecular complexity index is 1010. The molecule has 2 aromatic rings. The lowest BCUT2D eigenvalue weighted by atomic mass is 10.2. The number of carbonyl (C=O) groups is 2. The third-order valence-corrected chi connectivity index (χ3v) is 4.80. The third kappa shape index (κ3) is 4.13. The van der Waals surface area contributed by atoms with Gasteiger partial charge in [-0.3, -0.25) is 25.1 Å². The Kier molecular flexibility index (Phi) is 5.19. The van der Waals surface area contributed by atoms with Crippen molar-refractivity contribution < 1.29 is 19.6 Å². The number of carbonyl (C=O) groups excluding carboxylic acids is 2. The number of phenols is 1. The average molecular weight is 401 g/mol. The van der Waals surface area contributed by atoms with Crippen LogP contribution in [0.25, 0.3) is 6.08 Å². The lowest BCUT2D eigenvalue weighted by Gasteiger charge is -2.15. The van der Waals surface area contributed by atoms with Crippen molar-refractivity contribution in [1.82, 2.24) is 10.4 Å². The number of nitrogens with zero attached hydrogens (tertiary/aromatic N) is 2. The van der Waals surface area contributed by atoms with E-state index in [1.165, 1.54) is 30.3 Å². The maximum Gasteiger partial charge on any atom is 0.285 e. The Morgan fingerprint density at radius 3 is 2.70 bits per heavy atom. The summed E-state index contributed by atoms with van der Waals surface area (Å²) >= 11 is 6.12. The summed E-state index contributed by atoms with van der Waals surface area (Å²) in [6.07, 6.45) is 1.54. The molecule has 1 aliphatic heterocycles. The van der Waals surface area contributed by atoms with Crippen molar-refractivity contribution in [2.24, 2.45) is 0 Å². The first-order chi connectivity index (χ1) is 12.8. The Labute approximate surface area is 162 Å². The van der Waals surface area contributed by atoms with Gasteiger partial charge in [0.15, 0.2) is 4.32 Å². The van der Waals surface area contributed by atoms with Crippen LogP contribution in [0.15, 0.2) is 53.4 Å². The predicted molar refractivity (Wildman–Crippen MR) is 104 cm³/mol. The van der Waals surface area contributed by atoms with E-state index in [9.17, 15) is 24.8 Å². The molecule has 0 spiro atoms. The number of non-ortho nitro benzene ring substituents is 1. The number of hydrazine groups is 1. The van der Waals surface area contributed by atoms with Crippen molar-refractivity contribution in [2.45, 2.75) is 0 Å². The fourth-order valence-electron chi connectivity index (χ4n) is 2.26. The van der Waals surface area contributed by atoms with Crippen LogP contribution in [0.3, 0.4) is 0 Å². The summed E-state index contributed by atoms with van der Waals surface area (Å²) in [4.78, 5) is 35.3. The van der Waals surface area contributed by atoms with Gasteiger partial charge in [-0.15, -0.1) is 0 Å². The Morgan fingerprint density at radius 2 is 2.00 bits per heavy atom. The zero-order valence-corrected chi connectivity index (χ0v) is 15.1. The van der Waals surface area contributed by atoms with E-state index in [1.54, 1.807) is 18.2 Å². The van der Waals surface area contributed by atoms with Crippen molar-refractivity contribution in [1.29, 1.82) is 0 Å². The van der Waals surface area contributed by atoms with Gasteiger partial charge in [0.25, 0.3) is 17.5 Å². The molecule has 2 N–H and O–H groups in total. The highest BCUT2D eigenvalue weighted by atomic mass is 32.2. The minimum Gasteiger partial charge on any atom is -0.508 e. The molecule has 2 amide bonds. The van der Waals surface area contributed by atoms with Crippen LogP contribution in [0.5, 0.6) is 5.75 Å². The van der Waals surface area contributed by atoms with E-state index >= 15 is 0 Å². The fourth-order valence-corrected chi connectivity index (χ4v) is 3.44. The molecule has 0 unspecified atom stereocenters. The highest BCUT2D eigenvalue weighted by Gasteiger charge is 2.34. The number of thiocarbonyl (C=S) groups is 1. The second-order valence-electron chi connectivity index (χ2n) is 5.36. The zero-order valence-electron chi connectivity index (χ0n) is 13.5. The molecule has 0 bridgehead atoms. The normalized spacial score (nSPS) is 15.3. The van der Waals surface area contributed by atoms with Crippen molar-refractivity contribution in [3.05, 3.63) is 74.7 Å². The van der Waals surface area contributed by atoms with Crippen molar-refractivity contribution in [3.63, 3.8) is 0 Å². The summed E-state index contributed by atoms with van der Waals surface area (Å²) in [5.41, 5.74) is 2.74. The number of thioether (sulfide) groups is 1. The summed E-state index contributed by atoms with van der Waals surface area (Å²) in [5.74, 6) is -1.18. The largest absolute Gasteiger partial charge is 0.508 e.